The van der Waals surface area contributed by atoms with Gasteiger partial charge in [0, 0.05) is 17.8 Å². The molecule has 0 radical (unpaired) electrons. The lowest BCUT2D eigenvalue weighted by Crippen LogP contribution is -2.08. The molecule has 5 rings (SSSR count). The zero-order valence-electron chi connectivity index (χ0n) is 16.3. The zero-order valence-corrected chi connectivity index (χ0v) is 17.1. The van der Waals surface area contributed by atoms with Crippen LogP contribution in [0.2, 0.25) is 0 Å². The van der Waals surface area contributed by atoms with E-state index in [9.17, 15) is 8.42 Å². The number of rotatable bonds is 3. The molecule has 0 spiro atoms. The summed E-state index contributed by atoms with van der Waals surface area (Å²) in [6.45, 7) is 1.99. The minimum absolute atomic E-state index is 0.230. The Morgan fingerprint density at radius 3 is 2.53 bits per heavy atom. The Bertz CT molecular complexity index is 1540. The molecule has 0 bridgehead atoms. The minimum atomic E-state index is -3.56. The molecule has 3 aromatic heterocycles. The van der Waals surface area contributed by atoms with Gasteiger partial charge in [0.1, 0.15) is 11.5 Å². The Hall–Kier alpha value is -3.65. The molecule has 0 atom stereocenters. The Balaban J connectivity index is 1.83. The molecule has 0 aliphatic carbocycles. The SMILES string of the molecule is Cc1ccc2nc(-c3ccc4ccccc4n3)n(-c3ccnc(S(C)(=O)=O)n3)c2c1. The molecular formula is C22H17N5O2S. The second-order valence-electron chi connectivity index (χ2n) is 7.12. The van der Waals surface area contributed by atoms with Crippen LogP contribution in [0.25, 0.3) is 39.3 Å². The van der Waals surface area contributed by atoms with Gasteiger partial charge in [-0.2, -0.15) is 0 Å². The van der Waals surface area contributed by atoms with Gasteiger partial charge in [-0.15, -0.1) is 0 Å². The quantitative estimate of drug-likeness (QED) is 0.417. The van der Waals surface area contributed by atoms with E-state index < -0.39 is 9.84 Å². The summed E-state index contributed by atoms with van der Waals surface area (Å²) in [5, 5.41) is 0.799. The molecule has 2 aromatic carbocycles. The average molecular weight is 415 g/mol. The highest BCUT2D eigenvalue weighted by atomic mass is 32.2. The molecule has 0 saturated heterocycles. The molecule has 3 heterocycles. The Morgan fingerprint density at radius 1 is 0.867 bits per heavy atom. The maximum Gasteiger partial charge on any atom is 0.248 e. The van der Waals surface area contributed by atoms with Crippen molar-refractivity contribution in [1.82, 2.24) is 24.5 Å². The van der Waals surface area contributed by atoms with E-state index in [0.717, 1.165) is 33.8 Å². The second kappa shape index (κ2) is 6.70. The number of nitrogens with zero attached hydrogens (tertiary/aromatic N) is 5. The normalized spacial score (nSPS) is 11.9. The van der Waals surface area contributed by atoms with Crippen molar-refractivity contribution in [3.8, 4) is 17.3 Å². The number of para-hydroxylation sites is 1. The van der Waals surface area contributed by atoms with Gasteiger partial charge in [0.15, 0.2) is 5.82 Å². The summed E-state index contributed by atoms with van der Waals surface area (Å²) in [6, 6.07) is 19.3. The van der Waals surface area contributed by atoms with E-state index >= 15 is 0 Å². The third kappa shape index (κ3) is 3.11. The summed E-state index contributed by atoms with van der Waals surface area (Å²) in [6.07, 6.45) is 2.53. The van der Waals surface area contributed by atoms with Crippen molar-refractivity contribution < 1.29 is 8.42 Å². The summed E-state index contributed by atoms with van der Waals surface area (Å²) in [7, 11) is -3.56. The van der Waals surface area contributed by atoms with Crippen molar-refractivity contribution in [2.75, 3.05) is 6.26 Å². The van der Waals surface area contributed by atoms with E-state index in [2.05, 4.69) is 9.97 Å². The van der Waals surface area contributed by atoms with E-state index in [1.54, 1.807) is 6.07 Å². The number of aryl methyl sites for hydroxylation is 1. The van der Waals surface area contributed by atoms with Gasteiger partial charge in [0.05, 0.1) is 16.6 Å². The van der Waals surface area contributed by atoms with Crippen LogP contribution in [0.4, 0.5) is 0 Å². The maximum atomic E-state index is 12.0. The fraction of sp³-hybridized carbons (Fsp3) is 0.0909. The summed E-state index contributed by atoms with van der Waals surface area (Å²) >= 11 is 0. The Labute approximate surface area is 173 Å². The van der Waals surface area contributed by atoms with Crippen LogP contribution in [0.15, 0.2) is 72.0 Å². The predicted octanol–water partition coefficient (Wildman–Crippen LogP) is 3.74. The van der Waals surface area contributed by atoms with E-state index in [1.165, 1.54) is 6.20 Å². The molecule has 0 fully saturated rings. The first-order valence-electron chi connectivity index (χ1n) is 9.29. The second-order valence-corrected chi connectivity index (χ2v) is 9.03. The molecule has 5 aromatic rings. The number of hydrogen-bond acceptors (Lipinski definition) is 6. The van der Waals surface area contributed by atoms with E-state index in [4.69, 9.17) is 9.97 Å². The number of fused-ring (bicyclic) bond motifs is 2. The summed E-state index contributed by atoms with van der Waals surface area (Å²) in [5.74, 6) is 1.00. The minimum Gasteiger partial charge on any atom is -0.275 e. The van der Waals surface area contributed by atoms with E-state index in [1.807, 2.05) is 66.1 Å². The van der Waals surface area contributed by atoms with Gasteiger partial charge >= 0.3 is 0 Å². The first-order chi connectivity index (χ1) is 14.4. The molecule has 0 amide bonds. The number of benzene rings is 2. The van der Waals surface area contributed by atoms with Crippen molar-refractivity contribution in [2.24, 2.45) is 0 Å². The van der Waals surface area contributed by atoms with Gasteiger partial charge in [-0.1, -0.05) is 30.3 Å². The average Bonchev–Trinajstić information content (AvgIpc) is 3.11. The topological polar surface area (TPSA) is 90.6 Å². The zero-order chi connectivity index (χ0) is 20.9. The third-order valence-electron chi connectivity index (χ3n) is 4.82. The van der Waals surface area contributed by atoms with Crippen LogP contribution >= 0.6 is 0 Å². The smallest absolute Gasteiger partial charge is 0.248 e. The molecule has 148 valence electrons. The van der Waals surface area contributed by atoms with Crippen LogP contribution in [-0.4, -0.2) is 39.2 Å². The molecular weight excluding hydrogens is 398 g/mol. The van der Waals surface area contributed by atoms with Crippen molar-refractivity contribution in [3.05, 3.63) is 72.4 Å². The van der Waals surface area contributed by atoms with Crippen molar-refractivity contribution in [1.29, 1.82) is 0 Å². The summed E-state index contributed by atoms with van der Waals surface area (Å²) in [5.41, 5.74) is 4.16. The Morgan fingerprint density at radius 2 is 1.70 bits per heavy atom. The van der Waals surface area contributed by atoms with Crippen LogP contribution in [0.1, 0.15) is 5.56 Å². The monoisotopic (exact) mass is 415 g/mol. The lowest BCUT2D eigenvalue weighted by atomic mass is 10.2. The number of aromatic nitrogens is 5. The molecule has 0 N–H and O–H groups in total. The standard InChI is InChI=1S/C22H17N5O2S/c1-14-7-9-17-19(13-14)27(20-11-12-23-22(26-20)30(2,28)29)21(25-17)18-10-8-15-5-3-4-6-16(15)24-18/h3-13H,1-2H3. The van der Waals surface area contributed by atoms with Gasteiger partial charge < -0.3 is 0 Å². The lowest BCUT2D eigenvalue weighted by Gasteiger charge is -2.10. The number of hydrogen-bond donors (Lipinski definition) is 0. The van der Waals surface area contributed by atoms with E-state index in [-0.39, 0.29) is 5.16 Å². The number of pyridine rings is 1. The van der Waals surface area contributed by atoms with Crippen molar-refractivity contribution in [2.45, 2.75) is 12.1 Å². The number of imidazole rings is 1. The molecule has 8 heteroatoms. The highest BCUT2D eigenvalue weighted by molar-refractivity contribution is 7.90. The van der Waals surface area contributed by atoms with Crippen LogP contribution < -0.4 is 0 Å². The van der Waals surface area contributed by atoms with E-state index in [0.29, 0.717) is 17.3 Å². The van der Waals surface area contributed by atoms with Gasteiger partial charge in [0.2, 0.25) is 15.0 Å². The largest absolute Gasteiger partial charge is 0.275 e. The molecule has 0 saturated carbocycles. The summed E-state index contributed by atoms with van der Waals surface area (Å²) < 4.78 is 25.9. The van der Waals surface area contributed by atoms with Crippen LogP contribution in [0.5, 0.6) is 0 Å². The van der Waals surface area contributed by atoms with Gasteiger partial charge in [-0.05, 0) is 42.8 Å². The fourth-order valence-electron chi connectivity index (χ4n) is 3.41. The van der Waals surface area contributed by atoms with Crippen molar-refractivity contribution >= 4 is 31.8 Å². The summed E-state index contributed by atoms with van der Waals surface area (Å²) in [4.78, 5) is 17.8. The molecule has 0 aliphatic heterocycles. The predicted molar refractivity (Wildman–Crippen MR) is 115 cm³/mol. The first kappa shape index (κ1) is 18.4. The lowest BCUT2D eigenvalue weighted by molar-refractivity contribution is 0.592. The molecule has 0 unspecified atom stereocenters. The van der Waals surface area contributed by atoms with Crippen LogP contribution in [0, 0.1) is 6.92 Å². The molecule has 0 aliphatic rings. The molecule has 30 heavy (non-hydrogen) atoms. The van der Waals surface area contributed by atoms with Crippen molar-refractivity contribution in [3.63, 3.8) is 0 Å². The number of sulfone groups is 1. The molecule has 7 nitrogen and oxygen atoms in total. The maximum absolute atomic E-state index is 12.0. The van der Waals surface area contributed by atoms with Gasteiger partial charge in [-0.25, -0.2) is 28.4 Å². The first-order valence-corrected chi connectivity index (χ1v) is 11.2. The highest BCUT2D eigenvalue weighted by Crippen LogP contribution is 2.29. The van der Waals surface area contributed by atoms with Gasteiger partial charge in [-0.3, -0.25) is 4.57 Å². The fourth-order valence-corrected chi connectivity index (χ4v) is 3.93. The third-order valence-corrected chi connectivity index (χ3v) is 5.68. The highest BCUT2D eigenvalue weighted by Gasteiger charge is 2.19. The Kier molecular flexibility index (Phi) is 4.11. The van der Waals surface area contributed by atoms with Crippen LogP contribution in [-0.2, 0) is 9.84 Å². The van der Waals surface area contributed by atoms with Gasteiger partial charge in [0.25, 0.3) is 0 Å². The van der Waals surface area contributed by atoms with Crippen LogP contribution in [0.3, 0.4) is 0 Å².